The first-order valence-electron chi connectivity index (χ1n) is 4.98. The molecular weight excluding hydrogens is 224 g/mol. The molecule has 0 saturated heterocycles. The van der Waals surface area contributed by atoms with E-state index >= 15 is 0 Å². The van der Waals surface area contributed by atoms with Crippen molar-refractivity contribution in [2.24, 2.45) is 5.73 Å². The Bertz CT molecular complexity index is 533. The van der Waals surface area contributed by atoms with Gasteiger partial charge in [-0.15, -0.1) is 10.2 Å². The van der Waals surface area contributed by atoms with Crippen molar-refractivity contribution in [2.75, 3.05) is 0 Å². The second-order valence-corrected chi connectivity index (χ2v) is 4.39. The van der Waals surface area contributed by atoms with Gasteiger partial charge in [-0.3, -0.25) is 4.79 Å². The van der Waals surface area contributed by atoms with Crippen LogP contribution in [0.4, 0.5) is 0 Å². The molecule has 2 heterocycles. The lowest BCUT2D eigenvalue weighted by Crippen LogP contribution is -2.07. The smallest absolute Gasteiger partial charge is 0.191 e. The lowest BCUT2D eigenvalue weighted by atomic mass is 10.3. The van der Waals surface area contributed by atoms with Crippen LogP contribution in [0.2, 0.25) is 0 Å². The number of nitrogens with two attached hydrogens (primary N) is 1. The Labute approximate surface area is 96.4 Å². The summed E-state index contributed by atoms with van der Waals surface area (Å²) >= 11 is 1.37. The molecule has 0 bridgehead atoms. The van der Waals surface area contributed by atoms with E-state index in [0.29, 0.717) is 10.6 Å². The molecule has 6 heteroatoms. The minimum Gasteiger partial charge on any atom is -0.367 e. The van der Waals surface area contributed by atoms with Gasteiger partial charge in [0.25, 0.3) is 0 Å². The van der Waals surface area contributed by atoms with Crippen molar-refractivity contribution in [1.82, 2.24) is 15.2 Å². The quantitative estimate of drug-likeness (QED) is 0.841. The average molecular weight is 236 g/mol. The first kappa shape index (κ1) is 11.0. The third-order valence-electron chi connectivity index (χ3n) is 2.25. The second-order valence-electron chi connectivity index (χ2n) is 3.38. The van der Waals surface area contributed by atoms with Crippen molar-refractivity contribution in [3.8, 4) is 10.6 Å². The van der Waals surface area contributed by atoms with Gasteiger partial charge in [0.05, 0.1) is 11.6 Å². The molecule has 2 rings (SSSR count). The molecule has 2 aromatic rings. The first-order valence-corrected chi connectivity index (χ1v) is 5.80. The van der Waals surface area contributed by atoms with Gasteiger partial charge < -0.3 is 10.7 Å². The molecule has 0 aliphatic rings. The number of aromatic nitrogens is 3. The van der Waals surface area contributed by atoms with Gasteiger partial charge in [-0.05, 0) is 6.42 Å². The van der Waals surface area contributed by atoms with E-state index in [2.05, 4.69) is 15.2 Å². The maximum Gasteiger partial charge on any atom is 0.191 e. The number of hydrogen-bond acceptors (Lipinski definition) is 5. The minimum atomic E-state index is -0.103. The summed E-state index contributed by atoms with van der Waals surface area (Å²) in [5.41, 5.74) is 6.32. The Kier molecular flexibility index (Phi) is 3.12. The molecule has 0 spiro atoms. The van der Waals surface area contributed by atoms with Crippen molar-refractivity contribution in [3.05, 3.63) is 33.7 Å². The number of hydrogen-bond donors (Lipinski definition) is 2. The maximum absolute atomic E-state index is 11.6. The van der Waals surface area contributed by atoms with E-state index in [-0.39, 0.29) is 11.5 Å². The molecule has 0 aliphatic carbocycles. The summed E-state index contributed by atoms with van der Waals surface area (Å²) in [5, 5.41) is 9.36. The largest absolute Gasteiger partial charge is 0.367 e. The summed E-state index contributed by atoms with van der Waals surface area (Å²) in [6.45, 7) is 1.99. The molecule has 1 unspecified atom stereocenters. The molecule has 5 nitrogen and oxygen atoms in total. The van der Waals surface area contributed by atoms with Gasteiger partial charge in [0.1, 0.15) is 5.01 Å². The third-order valence-corrected chi connectivity index (χ3v) is 3.34. The van der Waals surface area contributed by atoms with E-state index in [0.717, 1.165) is 11.4 Å². The van der Waals surface area contributed by atoms with Crippen LogP contribution in [0.15, 0.2) is 23.3 Å². The summed E-state index contributed by atoms with van der Waals surface area (Å²) < 4.78 is 0. The zero-order chi connectivity index (χ0) is 11.5. The Morgan fingerprint density at radius 1 is 1.56 bits per heavy atom. The van der Waals surface area contributed by atoms with Crippen LogP contribution in [0.5, 0.6) is 0 Å². The molecule has 0 aliphatic heterocycles. The standard InChI is InChI=1S/C10H12N4OS/c1-2-7(11)10-14-13-9(16-10)6-5-12-4-3-8(6)15/h3-5,7H,2,11H2,1H3,(H,12,15). The van der Waals surface area contributed by atoms with Crippen LogP contribution in [0.3, 0.4) is 0 Å². The summed E-state index contributed by atoms with van der Waals surface area (Å²) in [4.78, 5) is 14.4. The fourth-order valence-corrected chi connectivity index (χ4v) is 2.20. The van der Waals surface area contributed by atoms with Crippen LogP contribution >= 0.6 is 11.3 Å². The van der Waals surface area contributed by atoms with Gasteiger partial charge in [-0.1, -0.05) is 18.3 Å². The van der Waals surface area contributed by atoms with Gasteiger partial charge in [0.15, 0.2) is 10.4 Å². The fourth-order valence-electron chi connectivity index (χ4n) is 1.25. The van der Waals surface area contributed by atoms with Crippen LogP contribution in [-0.4, -0.2) is 15.2 Å². The van der Waals surface area contributed by atoms with E-state index in [9.17, 15) is 4.79 Å². The van der Waals surface area contributed by atoms with Gasteiger partial charge >= 0.3 is 0 Å². The average Bonchev–Trinajstić information content (AvgIpc) is 2.78. The molecule has 3 N–H and O–H groups in total. The zero-order valence-electron chi connectivity index (χ0n) is 8.80. The van der Waals surface area contributed by atoms with Crippen molar-refractivity contribution >= 4 is 11.3 Å². The summed E-state index contributed by atoms with van der Waals surface area (Å²) in [7, 11) is 0. The highest BCUT2D eigenvalue weighted by molar-refractivity contribution is 7.14. The number of pyridine rings is 1. The van der Waals surface area contributed by atoms with Crippen LogP contribution in [0.25, 0.3) is 10.6 Å². The number of H-pyrrole nitrogens is 1. The molecule has 0 radical (unpaired) electrons. The fraction of sp³-hybridized carbons (Fsp3) is 0.300. The van der Waals surface area contributed by atoms with Crippen LogP contribution in [0.1, 0.15) is 24.4 Å². The SMILES string of the molecule is CCC(N)c1nnc(-c2c[nH]ccc2=O)s1. The number of aromatic amines is 1. The molecule has 0 amide bonds. The predicted octanol–water partition coefficient (Wildman–Crippen LogP) is 1.30. The van der Waals surface area contributed by atoms with E-state index in [1.54, 1.807) is 12.4 Å². The lowest BCUT2D eigenvalue weighted by molar-refractivity contribution is 0.683. The molecular formula is C10H12N4OS. The van der Waals surface area contributed by atoms with E-state index < -0.39 is 0 Å². The molecule has 16 heavy (non-hydrogen) atoms. The summed E-state index contributed by atoms with van der Waals surface area (Å²) in [6.07, 6.45) is 4.02. The van der Waals surface area contributed by atoms with Crippen LogP contribution in [-0.2, 0) is 0 Å². The Balaban J connectivity index is 2.39. The Morgan fingerprint density at radius 3 is 3.06 bits per heavy atom. The Hall–Kier alpha value is -1.53. The number of rotatable bonds is 3. The molecule has 0 aromatic carbocycles. The molecule has 0 saturated carbocycles. The minimum absolute atomic E-state index is 0.0634. The summed E-state index contributed by atoms with van der Waals surface area (Å²) in [6, 6.07) is 1.37. The van der Waals surface area contributed by atoms with E-state index in [4.69, 9.17) is 5.73 Å². The Morgan fingerprint density at radius 2 is 2.38 bits per heavy atom. The van der Waals surface area contributed by atoms with Crippen LogP contribution < -0.4 is 11.2 Å². The normalized spacial score (nSPS) is 12.6. The molecule has 84 valence electrons. The van der Waals surface area contributed by atoms with Crippen molar-refractivity contribution in [3.63, 3.8) is 0 Å². The lowest BCUT2D eigenvalue weighted by Gasteiger charge is -2.00. The third kappa shape index (κ3) is 2.02. The monoisotopic (exact) mass is 236 g/mol. The first-order chi connectivity index (χ1) is 7.72. The highest BCUT2D eigenvalue weighted by Crippen LogP contribution is 2.24. The number of nitrogens with one attached hydrogen (secondary N) is 1. The van der Waals surface area contributed by atoms with E-state index in [1.807, 2.05) is 6.92 Å². The van der Waals surface area contributed by atoms with Gasteiger partial charge in [0, 0.05) is 18.5 Å². The van der Waals surface area contributed by atoms with Gasteiger partial charge in [-0.25, -0.2) is 0 Å². The highest BCUT2D eigenvalue weighted by atomic mass is 32.1. The molecule has 0 fully saturated rings. The van der Waals surface area contributed by atoms with Gasteiger partial charge in [-0.2, -0.15) is 0 Å². The summed E-state index contributed by atoms with van der Waals surface area (Å²) in [5.74, 6) is 0. The number of nitrogens with zero attached hydrogens (tertiary/aromatic N) is 2. The topological polar surface area (TPSA) is 84.7 Å². The second kappa shape index (κ2) is 4.54. The van der Waals surface area contributed by atoms with Gasteiger partial charge in [0.2, 0.25) is 0 Å². The highest BCUT2D eigenvalue weighted by Gasteiger charge is 2.13. The van der Waals surface area contributed by atoms with Crippen molar-refractivity contribution in [1.29, 1.82) is 0 Å². The predicted molar refractivity (Wildman–Crippen MR) is 63.2 cm³/mol. The van der Waals surface area contributed by atoms with Crippen molar-refractivity contribution in [2.45, 2.75) is 19.4 Å². The van der Waals surface area contributed by atoms with E-state index in [1.165, 1.54) is 17.4 Å². The van der Waals surface area contributed by atoms with Crippen LogP contribution in [0, 0.1) is 0 Å². The zero-order valence-corrected chi connectivity index (χ0v) is 9.62. The van der Waals surface area contributed by atoms with Crippen molar-refractivity contribution < 1.29 is 0 Å². The molecule has 1 atom stereocenters. The molecule has 2 aromatic heterocycles. The maximum atomic E-state index is 11.6.